The van der Waals surface area contributed by atoms with Crippen LogP contribution in [-0.2, 0) is 0 Å². The molecule has 4 heteroatoms. The number of carbonyl (C=O) groups excluding carboxylic acids is 1. The van der Waals surface area contributed by atoms with Crippen LogP contribution in [0.25, 0.3) is 0 Å². The minimum absolute atomic E-state index is 0.00704. The summed E-state index contributed by atoms with van der Waals surface area (Å²) in [6, 6.07) is 5.39. The van der Waals surface area contributed by atoms with Gasteiger partial charge >= 0.3 is 0 Å². The standard InChI is InChI=1S/C17H23FN2O/c1-12-15(7-4-8-16(12)18)17(21)20(13-5-2-3-6-13)14-9-10-19-11-14/h4,7-8,13-14,19H,2-3,5-6,9-11H2,1H3/t14-/m0/s1. The first-order chi connectivity index (χ1) is 10.2. The molecule has 0 aromatic heterocycles. The van der Waals surface area contributed by atoms with Crippen molar-refractivity contribution in [2.75, 3.05) is 13.1 Å². The fourth-order valence-electron chi connectivity index (χ4n) is 3.67. The molecule has 0 bridgehead atoms. The number of hydrogen-bond donors (Lipinski definition) is 1. The number of amides is 1. The summed E-state index contributed by atoms with van der Waals surface area (Å²) in [5, 5.41) is 3.34. The van der Waals surface area contributed by atoms with Gasteiger partial charge in [0.2, 0.25) is 0 Å². The molecule has 21 heavy (non-hydrogen) atoms. The highest BCUT2D eigenvalue weighted by atomic mass is 19.1. The minimum Gasteiger partial charge on any atom is -0.331 e. The second-order valence-electron chi connectivity index (χ2n) is 6.21. The molecular weight excluding hydrogens is 267 g/mol. The van der Waals surface area contributed by atoms with Crippen LogP contribution in [0.1, 0.15) is 48.0 Å². The van der Waals surface area contributed by atoms with Gasteiger partial charge in [-0.1, -0.05) is 18.9 Å². The van der Waals surface area contributed by atoms with E-state index >= 15 is 0 Å². The summed E-state index contributed by atoms with van der Waals surface area (Å²) in [5.41, 5.74) is 0.991. The zero-order chi connectivity index (χ0) is 14.8. The summed E-state index contributed by atoms with van der Waals surface area (Å²) in [4.78, 5) is 15.1. The summed E-state index contributed by atoms with van der Waals surface area (Å²) in [7, 11) is 0. The molecular formula is C17H23FN2O. The Kier molecular flexibility index (Phi) is 4.24. The van der Waals surface area contributed by atoms with Gasteiger partial charge in [-0.25, -0.2) is 4.39 Å². The third-order valence-corrected chi connectivity index (χ3v) is 4.88. The Bertz CT molecular complexity index is 504. The van der Waals surface area contributed by atoms with E-state index in [9.17, 15) is 9.18 Å². The van der Waals surface area contributed by atoms with Crippen LogP contribution in [0.5, 0.6) is 0 Å². The van der Waals surface area contributed by atoms with Crippen molar-refractivity contribution < 1.29 is 9.18 Å². The SMILES string of the molecule is Cc1c(F)cccc1C(=O)N(C1CCCC1)[C@H]1CCNC1. The topological polar surface area (TPSA) is 32.3 Å². The van der Waals surface area contributed by atoms with Crippen LogP contribution in [0.3, 0.4) is 0 Å². The molecule has 1 atom stereocenters. The Balaban J connectivity index is 1.91. The molecule has 1 saturated carbocycles. The predicted molar refractivity (Wildman–Crippen MR) is 80.8 cm³/mol. The maximum atomic E-state index is 13.8. The number of halogens is 1. The van der Waals surface area contributed by atoms with E-state index in [1.54, 1.807) is 19.1 Å². The van der Waals surface area contributed by atoms with Crippen LogP contribution < -0.4 is 5.32 Å². The number of nitrogens with zero attached hydrogens (tertiary/aromatic N) is 1. The average Bonchev–Trinajstić information content (AvgIpc) is 3.16. The summed E-state index contributed by atoms with van der Waals surface area (Å²) in [6.45, 7) is 3.52. The van der Waals surface area contributed by atoms with E-state index in [0.29, 0.717) is 17.2 Å². The second kappa shape index (κ2) is 6.14. The van der Waals surface area contributed by atoms with Gasteiger partial charge in [-0.2, -0.15) is 0 Å². The van der Waals surface area contributed by atoms with Crippen LogP contribution >= 0.6 is 0 Å². The largest absolute Gasteiger partial charge is 0.331 e. The molecule has 3 nitrogen and oxygen atoms in total. The van der Waals surface area contributed by atoms with Crippen molar-refractivity contribution in [1.29, 1.82) is 0 Å². The van der Waals surface area contributed by atoms with Crippen LogP contribution in [0, 0.1) is 12.7 Å². The van der Waals surface area contributed by atoms with Gasteiger partial charge in [-0.15, -0.1) is 0 Å². The lowest BCUT2D eigenvalue weighted by atomic mass is 10.0. The van der Waals surface area contributed by atoms with E-state index in [1.807, 2.05) is 0 Å². The smallest absolute Gasteiger partial charge is 0.254 e. The Morgan fingerprint density at radius 2 is 2.00 bits per heavy atom. The van der Waals surface area contributed by atoms with Crippen molar-refractivity contribution in [3.63, 3.8) is 0 Å². The number of hydrogen-bond acceptors (Lipinski definition) is 2. The van der Waals surface area contributed by atoms with Crippen LogP contribution in [0.2, 0.25) is 0 Å². The van der Waals surface area contributed by atoms with E-state index in [0.717, 1.165) is 32.4 Å². The molecule has 3 rings (SSSR count). The zero-order valence-electron chi connectivity index (χ0n) is 12.6. The molecule has 1 amide bonds. The Morgan fingerprint density at radius 3 is 2.67 bits per heavy atom. The summed E-state index contributed by atoms with van der Waals surface area (Å²) in [5.74, 6) is -0.288. The fourth-order valence-corrected chi connectivity index (χ4v) is 3.67. The molecule has 1 aromatic carbocycles. The van der Waals surface area contributed by atoms with E-state index in [2.05, 4.69) is 10.2 Å². The van der Waals surface area contributed by atoms with Gasteiger partial charge < -0.3 is 10.2 Å². The lowest BCUT2D eigenvalue weighted by Crippen LogP contribution is -2.47. The second-order valence-corrected chi connectivity index (χ2v) is 6.21. The molecule has 1 aliphatic heterocycles. The first kappa shape index (κ1) is 14.5. The van der Waals surface area contributed by atoms with Crippen LogP contribution in [0.15, 0.2) is 18.2 Å². The monoisotopic (exact) mass is 290 g/mol. The van der Waals surface area contributed by atoms with E-state index in [4.69, 9.17) is 0 Å². The van der Waals surface area contributed by atoms with Crippen molar-refractivity contribution in [3.8, 4) is 0 Å². The molecule has 0 unspecified atom stereocenters. The number of rotatable bonds is 3. The Hall–Kier alpha value is -1.42. The van der Waals surface area contributed by atoms with Gasteiger partial charge in [-0.3, -0.25) is 4.79 Å². The van der Waals surface area contributed by atoms with Gasteiger partial charge in [0.15, 0.2) is 0 Å². The number of carbonyl (C=O) groups is 1. The lowest BCUT2D eigenvalue weighted by Gasteiger charge is -2.34. The number of benzene rings is 1. The van der Waals surface area contributed by atoms with Gasteiger partial charge in [0.05, 0.1) is 0 Å². The number of nitrogens with one attached hydrogen (secondary N) is 1. The van der Waals surface area contributed by atoms with Crippen molar-refractivity contribution in [2.24, 2.45) is 0 Å². The highest BCUT2D eigenvalue weighted by Gasteiger charge is 2.35. The first-order valence-corrected chi connectivity index (χ1v) is 7.97. The van der Waals surface area contributed by atoms with E-state index in [-0.39, 0.29) is 17.8 Å². The summed E-state index contributed by atoms with van der Waals surface area (Å²) in [6.07, 6.45) is 5.54. The summed E-state index contributed by atoms with van der Waals surface area (Å²) >= 11 is 0. The molecule has 1 aliphatic carbocycles. The molecule has 1 N–H and O–H groups in total. The van der Waals surface area contributed by atoms with Gasteiger partial charge in [0, 0.05) is 24.2 Å². The van der Waals surface area contributed by atoms with Crippen molar-refractivity contribution >= 4 is 5.91 Å². The van der Waals surface area contributed by atoms with Crippen molar-refractivity contribution in [1.82, 2.24) is 10.2 Å². The average molecular weight is 290 g/mol. The predicted octanol–water partition coefficient (Wildman–Crippen LogP) is 2.88. The third kappa shape index (κ3) is 2.82. The maximum absolute atomic E-state index is 13.8. The van der Waals surface area contributed by atoms with E-state index in [1.165, 1.54) is 18.9 Å². The quantitative estimate of drug-likeness (QED) is 0.928. The molecule has 114 valence electrons. The van der Waals surface area contributed by atoms with Crippen LogP contribution in [-0.4, -0.2) is 36.0 Å². The van der Waals surface area contributed by atoms with Crippen molar-refractivity contribution in [2.45, 2.75) is 51.1 Å². The Labute approximate surface area is 125 Å². The van der Waals surface area contributed by atoms with Gasteiger partial charge in [-0.05, 0) is 50.4 Å². The fraction of sp³-hybridized carbons (Fsp3) is 0.588. The highest BCUT2D eigenvalue weighted by molar-refractivity contribution is 5.96. The lowest BCUT2D eigenvalue weighted by molar-refractivity contribution is 0.0593. The third-order valence-electron chi connectivity index (χ3n) is 4.88. The molecule has 1 saturated heterocycles. The summed E-state index contributed by atoms with van der Waals surface area (Å²) < 4.78 is 13.8. The molecule has 2 aliphatic rings. The highest BCUT2D eigenvalue weighted by Crippen LogP contribution is 2.29. The normalized spacial score (nSPS) is 22.7. The maximum Gasteiger partial charge on any atom is 0.254 e. The van der Waals surface area contributed by atoms with E-state index < -0.39 is 0 Å². The van der Waals surface area contributed by atoms with Crippen LogP contribution in [0.4, 0.5) is 4.39 Å². The van der Waals surface area contributed by atoms with Gasteiger partial charge in [0.1, 0.15) is 5.82 Å². The molecule has 2 fully saturated rings. The Morgan fingerprint density at radius 1 is 1.24 bits per heavy atom. The van der Waals surface area contributed by atoms with Crippen molar-refractivity contribution in [3.05, 3.63) is 35.1 Å². The molecule has 0 radical (unpaired) electrons. The van der Waals surface area contributed by atoms with Gasteiger partial charge in [0.25, 0.3) is 5.91 Å². The molecule has 0 spiro atoms. The zero-order valence-corrected chi connectivity index (χ0v) is 12.6. The first-order valence-electron chi connectivity index (χ1n) is 7.97. The molecule has 1 heterocycles. The molecule has 1 aromatic rings. The minimum atomic E-state index is -0.295.